The van der Waals surface area contributed by atoms with E-state index in [1.54, 1.807) is 6.07 Å². The first-order chi connectivity index (χ1) is 4.84. The van der Waals surface area contributed by atoms with Crippen molar-refractivity contribution in [1.29, 1.82) is 0 Å². The van der Waals surface area contributed by atoms with Crippen molar-refractivity contribution in [2.45, 2.75) is 0 Å². The van der Waals surface area contributed by atoms with E-state index in [0.29, 0.717) is 0 Å². The fourth-order valence-corrected chi connectivity index (χ4v) is 0.540. The molecule has 50 valence electrons. The molecule has 0 atom stereocenters. The molecule has 1 aromatic heterocycles. The maximum Gasteiger partial charge on any atom is 0.257 e. The Balaban J connectivity index is 3.28. The predicted octanol–water partition coefficient (Wildman–Crippen LogP) is 1.32. The van der Waals surface area contributed by atoms with Gasteiger partial charge in [-0.1, -0.05) is 5.11 Å². The van der Waals surface area contributed by atoms with Gasteiger partial charge in [-0.15, -0.1) is 0 Å². The average Bonchev–Trinajstić information content (AvgIpc) is 1.94. The Morgan fingerprint density at radius 2 is 2.50 bits per heavy atom. The van der Waals surface area contributed by atoms with E-state index in [9.17, 15) is 4.79 Å². The van der Waals surface area contributed by atoms with Gasteiger partial charge in [-0.25, -0.2) is 0 Å². The second kappa shape index (κ2) is 2.70. The number of aromatic amines is 1. The number of hydrogen-bond donors (Lipinski definition) is 1. The molecular weight excluding hydrogens is 132 g/mol. The first kappa shape index (κ1) is 6.38. The van der Waals surface area contributed by atoms with Crippen molar-refractivity contribution >= 4 is 5.69 Å². The van der Waals surface area contributed by atoms with Crippen LogP contribution in [0.2, 0.25) is 0 Å². The van der Waals surface area contributed by atoms with Gasteiger partial charge in [-0.3, -0.25) is 4.79 Å². The average molecular weight is 136 g/mol. The highest BCUT2D eigenvalue weighted by Gasteiger charge is 1.89. The Morgan fingerprint density at radius 3 is 3.10 bits per heavy atom. The van der Waals surface area contributed by atoms with Crippen LogP contribution in [-0.2, 0) is 0 Å². The van der Waals surface area contributed by atoms with Crippen LogP contribution in [0.3, 0.4) is 0 Å². The fourth-order valence-electron chi connectivity index (χ4n) is 0.540. The summed E-state index contributed by atoms with van der Waals surface area (Å²) in [6, 6.07) is 3.03. The highest BCUT2D eigenvalue weighted by Crippen LogP contribution is 2.00. The molecule has 0 saturated heterocycles. The Hall–Kier alpha value is -1.74. The van der Waals surface area contributed by atoms with Gasteiger partial charge < -0.3 is 4.98 Å². The van der Waals surface area contributed by atoms with Crippen molar-refractivity contribution in [3.63, 3.8) is 0 Å². The maximum atomic E-state index is 10.7. The lowest BCUT2D eigenvalue weighted by Crippen LogP contribution is -2.01. The Morgan fingerprint density at radius 1 is 1.70 bits per heavy atom. The number of rotatable bonds is 1. The number of azide groups is 1. The number of pyridine rings is 1. The minimum absolute atomic E-state index is 0.0880. The van der Waals surface area contributed by atoms with E-state index in [1.165, 1.54) is 12.3 Å². The molecular formula is C5H4N4O. The number of nitrogens with zero attached hydrogens (tertiary/aromatic N) is 3. The molecule has 10 heavy (non-hydrogen) atoms. The summed E-state index contributed by atoms with van der Waals surface area (Å²) in [5.41, 5.74) is 7.66. The van der Waals surface area contributed by atoms with Crippen molar-refractivity contribution in [2.24, 2.45) is 5.11 Å². The van der Waals surface area contributed by atoms with Crippen LogP contribution in [-0.4, -0.2) is 4.98 Å². The zero-order valence-corrected chi connectivity index (χ0v) is 4.98. The van der Waals surface area contributed by atoms with Crippen molar-refractivity contribution in [3.8, 4) is 0 Å². The second-order valence-electron chi connectivity index (χ2n) is 1.57. The smallest absolute Gasteiger partial charge is 0.257 e. The Bertz CT molecular complexity index is 322. The van der Waals surface area contributed by atoms with Gasteiger partial charge in [0.2, 0.25) is 0 Å². The fraction of sp³-hybridized carbons (Fsp3) is 0. The molecule has 0 spiro atoms. The van der Waals surface area contributed by atoms with Crippen molar-refractivity contribution in [1.82, 2.24) is 4.98 Å². The van der Waals surface area contributed by atoms with Gasteiger partial charge in [0.05, 0.1) is 0 Å². The summed E-state index contributed by atoms with van der Waals surface area (Å²) in [5.74, 6) is 0. The second-order valence-corrected chi connectivity index (χ2v) is 1.57. The lowest BCUT2D eigenvalue weighted by atomic mass is 10.4. The van der Waals surface area contributed by atoms with Crippen LogP contribution >= 0.6 is 0 Å². The van der Waals surface area contributed by atoms with E-state index in [2.05, 4.69) is 15.0 Å². The lowest BCUT2D eigenvalue weighted by Gasteiger charge is -1.84. The molecule has 0 aliphatic heterocycles. The first-order valence-corrected chi connectivity index (χ1v) is 2.57. The standard InChI is InChI=1S/C5H4N4O/c6-9-8-4-2-1-3-7-5(4)10/h1-3H,(H,7,10). The Kier molecular flexibility index (Phi) is 1.72. The van der Waals surface area contributed by atoms with Crippen molar-refractivity contribution < 1.29 is 0 Å². The number of nitrogens with one attached hydrogen (secondary N) is 1. The summed E-state index contributed by atoms with van der Waals surface area (Å²) in [6.45, 7) is 0. The quantitative estimate of drug-likeness (QED) is 0.352. The van der Waals surface area contributed by atoms with E-state index in [-0.39, 0.29) is 11.2 Å². The van der Waals surface area contributed by atoms with Crippen LogP contribution in [0, 0.1) is 0 Å². The molecule has 0 aliphatic carbocycles. The Labute approximate surface area is 55.9 Å². The molecule has 0 unspecified atom stereocenters. The predicted molar refractivity (Wildman–Crippen MR) is 35.9 cm³/mol. The van der Waals surface area contributed by atoms with Crippen molar-refractivity contribution in [2.75, 3.05) is 0 Å². The van der Waals surface area contributed by atoms with Crippen LogP contribution < -0.4 is 5.56 Å². The molecule has 0 saturated carbocycles. The van der Waals surface area contributed by atoms with Crippen LogP contribution in [0.15, 0.2) is 28.2 Å². The highest BCUT2D eigenvalue weighted by molar-refractivity contribution is 5.31. The molecule has 5 heteroatoms. The summed E-state index contributed by atoms with van der Waals surface area (Å²) in [5, 5.41) is 3.14. The van der Waals surface area contributed by atoms with Crippen LogP contribution in [0.4, 0.5) is 5.69 Å². The van der Waals surface area contributed by atoms with E-state index in [1.807, 2.05) is 0 Å². The maximum absolute atomic E-state index is 10.7. The van der Waals surface area contributed by atoms with Gasteiger partial charge in [0.15, 0.2) is 0 Å². The minimum atomic E-state index is -0.375. The third-order valence-corrected chi connectivity index (χ3v) is 0.950. The van der Waals surface area contributed by atoms with Crippen LogP contribution in [0.25, 0.3) is 10.4 Å². The summed E-state index contributed by atoms with van der Waals surface area (Å²) in [4.78, 5) is 15.5. The normalized spacial score (nSPS) is 8.40. The molecule has 1 heterocycles. The zero-order chi connectivity index (χ0) is 7.40. The number of aromatic nitrogens is 1. The molecule has 0 aliphatic rings. The van der Waals surface area contributed by atoms with Gasteiger partial charge in [0.25, 0.3) is 5.56 Å². The molecule has 0 amide bonds. The largest absolute Gasteiger partial charge is 0.329 e. The molecule has 1 N–H and O–H groups in total. The monoisotopic (exact) mass is 136 g/mol. The molecule has 1 rings (SSSR count). The molecule has 1 aromatic rings. The molecule has 5 nitrogen and oxygen atoms in total. The number of H-pyrrole nitrogens is 1. The first-order valence-electron chi connectivity index (χ1n) is 2.57. The van der Waals surface area contributed by atoms with Crippen LogP contribution in [0.5, 0.6) is 0 Å². The third-order valence-electron chi connectivity index (χ3n) is 0.950. The molecule has 0 bridgehead atoms. The lowest BCUT2D eigenvalue weighted by molar-refractivity contribution is 1.21. The summed E-state index contributed by atoms with van der Waals surface area (Å²) >= 11 is 0. The van der Waals surface area contributed by atoms with E-state index in [0.717, 1.165) is 0 Å². The molecule has 0 aromatic carbocycles. The third kappa shape index (κ3) is 1.15. The summed E-state index contributed by atoms with van der Waals surface area (Å²) in [6.07, 6.45) is 1.47. The van der Waals surface area contributed by atoms with Gasteiger partial charge in [0.1, 0.15) is 5.69 Å². The van der Waals surface area contributed by atoms with Gasteiger partial charge in [-0.2, -0.15) is 0 Å². The van der Waals surface area contributed by atoms with Crippen LogP contribution in [0.1, 0.15) is 0 Å². The van der Waals surface area contributed by atoms with Gasteiger partial charge in [-0.05, 0) is 17.7 Å². The SMILES string of the molecule is [N-]=[N+]=Nc1ccc[nH]c1=O. The van der Waals surface area contributed by atoms with E-state index >= 15 is 0 Å². The van der Waals surface area contributed by atoms with Crippen molar-refractivity contribution in [3.05, 3.63) is 39.1 Å². The summed E-state index contributed by atoms with van der Waals surface area (Å²) in [7, 11) is 0. The highest BCUT2D eigenvalue weighted by atomic mass is 16.1. The topological polar surface area (TPSA) is 81.6 Å². The van der Waals surface area contributed by atoms with E-state index in [4.69, 9.17) is 5.53 Å². The van der Waals surface area contributed by atoms with E-state index < -0.39 is 0 Å². The number of hydrogen-bond acceptors (Lipinski definition) is 2. The minimum Gasteiger partial charge on any atom is -0.329 e. The molecule has 0 fully saturated rings. The molecule has 0 radical (unpaired) electrons. The zero-order valence-electron chi connectivity index (χ0n) is 4.98. The summed E-state index contributed by atoms with van der Waals surface area (Å²) < 4.78 is 0. The van der Waals surface area contributed by atoms with Gasteiger partial charge >= 0.3 is 0 Å². The van der Waals surface area contributed by atoms with Gasteiger partial charge in [0, 0.05) is 11.1 Å².